The predicted octanol–water partition coefficient (Wildman–Crippen LogP) is 0.783. The summed E-state index contributed by atoms with van der Waals surface area (Å²) in [5, 5.41) is 6.84. The second-order valence-electron chi connectivity index (χ2n) is 3.68. The van der Waals surface area contributed by atoms with E-state index >= 15 is 0 Å². The normalized spacial score (nSPS) is 11.5. The van der Waals surface area contributed by atoms with Gasteiger partial charge in [-0.25, -0.2) is 9.78 Å². The van der Waals surface area contributed by atoms with Crippen LogP contribution in [0.4, 0.5) is 5.13 Å². The maximum absolute atomic E-state index is 11.8. The molecule has 7 nitrogen and oxygen atoms in total. The number of methoxy groups -OCH3 is 1. The van der Waals surface area contributed by atoms with Gasteiger partial charge in [0, 0.05) is 12.3 Å². The van der Waals surface area contributed by atoms with Gasteiger partial charge in [-0.3, -0.25) is 9.59 Å². The zero-order valence-electron chi connectivity index (χ0n) is 10.9. The molecule has 104 valence electrons. The third kappa shape index (κ3) is 4.32. The molecule has 0 saturated carbocycles. The average molecular weight is 285 g/mol. The molecule has 1 aromatic rings. The third-order valence-electron chi connectivity index (χ3n) is 2.22. The number of ether oxygens (including phenoxy) is 1. The number of rotatable bonds is 5. The Balaban J connectivity index is 2.69. The van der Waals surface area contributed by atoms with Gasteiger partial charge in [-0.1, -0.05) is 6.92 Å². The lowest BCUT2D eigenvalue weighted by atomic mass is 10.2. The molecule has 2 amide bonds. The summed E-state index contributed by atoms with van der Waals surface area (Å²) in [5.41, 5.74) is 0.149. The van der Waals surface area contributed by atoms with Gasteiger partial charge in [0.25, 0.3) is 5.91 Å². The number of nitrogens with zero attached hydrogens (tertiary/aromatic N) is 1. The first-order valence-electron chi connectivity index (χ1n) is 5.59. The number of thiazole rings is 1. The largest absolute Gasteiger partial charge is 0.467 e. The summed E-state index contributed by atoms with van der Waals surface area (Å²) in [5.74, 6) is -1.25. The van der Waals surface area contributed by atoms with E-state index in [9.17, 15) is 14.4 Å². The highest BCUT2D eigenvalue weighted by Crippen LogP contribution is 2.15. The van der Waals surface area contributed by atoms with Gasteiger partial charge in [0.05, 0.1) is 7.11 Å². The summed E-state index contributed by atoms with van der Waals surface area (Å²) in [7, 11) is 1.26. The lowest BCUT2D eigenvalue weighted by Gasteiger charge is -2.13. The van der Waals surface area contributed by atoms with Crippen LogP contribution in [-0.2, 0) is 14.3 Å². The van der Waals surface area contributed by atoms with Crippen LogP contribution in [0.3, 0.4) is 0 Å². The Labute approximate surface area is 114 Å². The second-order valence-corrected chi connectivity index (χ2v) is 4.53. The van der Waals surface area contributed by atoms with E-state index in [0.29, 0.717) is 11.6 Å². The number of anilines is 1. The van der Waals surface area contributed by atoms with Crippen molar-refractivity contribution >= 4 is 34.3 Å². The van der Waals surface area contributed by atoms with Gasteiger partial charge in [0.1, 0.15) is 11.7 Å². The SMILES string of the molecule is CCC(NC(=O)c1csc(NC(C)=O)n1)C(=O)OC. The van der Waals surface area contributed by atoms with Crippen molar-refractivity contribution in [1.82, 2.24) is 10.3 Å². The molecule has 1 atom stereocenters. The van der Waals surface area contributed by atoms with Gasteiger partial charge in [-0.2, -0.15) is 0 Å². The van der Waals surface area contributed by atoms with E-state index in [4.69, 9.17) is 0 Å². The fourth-order valence-corrected chi connectivity index (χ4v) is 2.02. The molecule has 0 radical (unpaired) electrons. The number of hydrogen-bond acceptors (Lipinski definition) is 6. The molecule has 1 aromatic heterocycles. The third-order valence-corrected chi connectivity index (χ3v) is 2.98. The van der Waals surface area contributed by atoms with Crippen LogP contribution in [0.2, 0.25) is 0 Å². The Hall–Kier alpha value is -1.96. The molecule has 1 unspecified atom stereocenters. The molecule has 0 aromatic carbocycles. The quantitative estimate of drug-likeness (QED) is 0.779. The average Bonchev–Trinajstić information content (AvgIpc) is 2.82. The molecule has 0 fully saturated rings. The number of esters is 1. The predicted molar refractivity (Wildman–Crippen MR) is 70.0 cm³/mol. The van der Waals surface area contributed by atoms with Gasteiger partial charge >= 0.3 is 5.97 Å². The Morgan fingerprint density at radius 1 is 1.47 bits per heavy atom. The Bertz CT molecular complexity index is 486. The molecule has 1 rings (SSSR count). The van der Waals surface area contributed by atoms with Crippen LogP contribution in [0, 0.1) is 0 Å². The van der Waals surface area contributed by atoms with Gasteiger partial charge in [-0.15, -0.1) is 11.3 Å². The first kappa shape index (κ1) is 15.1. The van der Waals surface area contributed by atoms with E-state index in [2.05, 4.69) is 20.4 Å². The van der Waals surface area contributed by atoms with Crippen LogP contribution in [0.15, 0.2) is 5.38 Å². The van der Waals surface area contributed by atoms with Crippen molar-refractivity contribution in [1.29, 1.82) is 0 Å². The van der Waals surface area contributed by atoms with E-state index in [1.807, 2.05) is 0 Å². The van der Waals surface area contributed by atoms with Crippen molar-refractivity contribution < 1.29 is 19.1 Å². The van der Waals surface area contributed by atoms with Crippen molar-refractivity contribution in [3.05, 3.63) is 11.1 Å². The summed E-state index contributed by atoms with van der Waals surface area (Å²) in [6.45, 7) is 3.11. The molecule has 0 aliphatic carbocycles. The zero-order chi connectivity index (χ0) is 14.4. The molecular formula is C11H15N3O4S. The molecule has 2 N–H and O–H groups in total. The summed E-state index contributed by atoms with van der Waals surface area (Å²) in [6.07, 6.45) is 0.418. The smallest absolute Gasteiger partial charge is 0.328 e. The summed E-state index contributed by atoms with van der Waals surface area (Å²) >= 11 is 1.13. The number of amides is 2. The molecule has 19 heavy (non-hydrogen) atoms. The number of aromatic nitrogens is 1. The second kappa shape index (κ2) is 6.83. The van der Waals surface area contributed by atoms with Crippen molar-refractivity contribution in [2.75, 3.05) is 12.4 Å². The van der Waals surface area contributed by atoms with Crippen molar-refractivity contribution in [3.8, 4) is 0 Å². The topological polar surface area (TPSA) is 97.4 Å². The fraction of sp³-hybridized carbons (Fsp3) is 0.455. The van der Waals surface area contributed by atoms with Crippen LogP contribution in [0.1, 0.15) is 30.8 Å². The number of carbonyl (C=O) groups is 3. The molecular weight excluding hydrogens is 270 g/mol. The van der Waals surface area contributed by atoms with Crippen LogP contribution in [-0.4, -0.2) is 35.9 Å². The Morgan fingerprint density at radius 3 is 2.68 bits per heavy atom. The molecule has 8 heteroatoms. The van der Waals surface area contributed by atoms with Crippen LogP contribution < -0.4 is 10.6 Å². The van der Waals surface area contributed by atoms with Crippen molar-refractivity contribution in [2.24, 2.45) is 0 Å². The first-order valence-corrected chi connectivity index (χ1v) is 6.47. The summed E-state index contributed by atoms with van der Waals surface area (Å²) < 4.78 is 4.57. The molecule has 0 aliphatic rings. The minimum Gasteiger partial charge on any atom is -0.467 e. The lowest BCUT2D eigenvalue weighted by Crippen LogP contribution is -2.41. The minimum absolute atomic E-state index is 0.149. The fourth-order valence-electron chi connectivity index (χ4n) is 1.29. The monoisotopic (exact) mass is 285 g/mol. The maximum atomic E-state index is 11.8. The van der Waals surface area contributed by atoms with E-state index in [1.165, 1.54) is 19.4 Å². The zero-order valence-corrected chi connectivity index (χ0v) is 11.7. The van der Waals surface area contributed by atoms with E-state index in [1.54, 1.807) is 6.92 Å². The first-order chi connectivity index (χ1) is 8.97. The molecule has 0 spiro atoms. The molecule has 1 heterocycles. The van der Waals surface area contributed by atoms with Gasteiger partial charge in [0.2, 0.25) is 5.91 Å². The standard InChI is InChI=1S/C11H15N3O4S/c1-4-7(10(17)18-3)13-9(16)8-5-19-11(14-8)12-6(2)15/h5,7H,4H2,1-3H3,(H,13,16)(H,12,14,15). The van der Waals surface area contributed by atoms with Gasteiger partial charge in [-0.05, 0) is 6.42 Å². The molecule has 0 bridgehead atoms. The molecule has 0 saturated heterocycles. The number of hydrogen-bond donors (Lipinski definition) is 2. The van der Waals surface area contributed by atoms with E-state index in [-0.39, 0.29) is 11.6 Å². The van der Waals surface area contributed by atoms with Gasteiger partial charge < -0.3 is 15.4 Å². The van der Waals surface area contributed by atoms with Crippen LogP contribution in [0.5, 0.6) is 0 Å². The summed E-state index contributed by atoms with van der Waals surface area (Å²) in [4.78, 5) is 38.0. The lowest BCUT2D eigenvalue weighted by molar-refractivity contribution is -0.142. The Morgan fingerprint density at radius 2 is 2.16 bits per heavy atom. The van der Waals surface area contributed by atoms with Crippen molar-refractivity contribution in [3.63, 3.8) is 0 Å². The van der Waals surface area contributed by atoms with E-state index in [0.717, 1.165) is 11.3 Å². The van der Waals surface area contributed by atoms with E-state index < -0.39 is 17.9 Å². The highest BCUT2D eigenvalue weighted by molar-refractivity contribution is 7.14. The highest BCUT2D eigenvalue weighted by Gasteiger charge is 2.21. The van der Waals surface area contributed by atoms with Crippen molar-refractivity contribution in [2.45, 2.75) is 26.3 Å². The van der Waals surface area contributed by atoms with Crippen LogP contribution >= 0.6 is 11.3 Å². The van der Waals surface area contributed by atoms with Crippen LogP contribution in [0.25, 0.3) is 0 Å². The number of nitrogens with one attached hydrogen (secondary N) is 2. The summed E-state index contributed by atoms with van der Waals surface area (Å²) in [6, 6.07) is -0.705. The number of carbonyl (C=O) groups excluding carboxylic acids is 3. The Kier molecular flexibility index (Phi) is 5.43. The van der Waals surface area contributed by atoms with Gasteiger partial charge in [0.15, 0.2) is 5.13 Å². The highest BCUT2D eigenvalue weighted by atomic mass is 32.1. The molecule has 0 aliphatic heterocycles. The minimum atomic E-state index is -0.705. The maximum Gasteiger partial charge on any atom is 0.328 e.